The van der Waals surface area contributed by atoms with Crippen molar-refractivity contribution >= 4 is 23.5 Å². The maximum absolute atomic E-state index is 13.3. The van der Waals surface area contributed by atoms with Crippen molar-refractivity contribution < 1.29 is 9.53 Å². The highest BCUT2D eigenvalue weighted by Gasteiger charge is 2.20. The van der Waals surface area contributed by atoms with Crippen molar-refractivity contribution in [2.45, 2.75) is 45.8 Å². The fourth-order valence-electron chi connectivity index (χ4n) is 4.69. The second-order valence-electron chi connectivity index (χ2n) is 10.2. The van der Waals surface area contributed by atoms with Gasteiger partial charge in [-0.25, -0.2) is 4.68 Å². The zero-order chi connectivity index (χ0) is 29.1. The number of carbonyl (C=O) groups is 1. The average Bonchev–Trinajstić information content (AvgIpc) is 3.59. The Bertz CT molecular complexity index is 1670. The Morgan fingerprint density at radius 2 is 1.63 bits per heavy atom. The van der Waals surface area contributed by atoms with E-state index in [1.807, 2.05) is 60.7 Å². The predicted molar refractivity (Wildman–Crippen MR) is 165 cm³/mol. The third kappa shape index (κ3) is 6.05. The van der Waals surface area contributed by atoms with E-state index in [-0.39, 0.29) is 17.7 Å². The summed E-state index contributed by atoms with van der Waals surface area (Å²) < 4.78 is 9.12. The van der Waals surface area contributed by atoms with Gasteiger partial charge in [0.15, 0.2) is 11.0 Å². The SMILES string of the molecule is COc1ccc(-c2nnc(SCC(=O)Nc3cc(-c4cc(C)c(C)cc4C)nn3-c3ccccc3)n2C(C)C)cc1. The Morgan fingerprint density at radius 1 is 0.927 bits per heavy atom. The van der Waals surface area contributed by atoms with E-state index in [0.717, 1.165) is 39.6 Å². The molecule has 0 aliphatic heterocycles. The lowest BCUT2D eigenvalue weighted by molar-refractivity contribution is -0.113. The molecule has 5 rings (SSSR count). The highest BCUT2D eigenvalue weighted by molar-refractivity contribution is 7.99. The van der Waals surface area contributed by atoms with Crippen molar-refractivity contribution in [3.63, 3.8) is 0 Å². The van der Waals surface area contributed by atoms with Crippen molar-refractivity contribution in [2.24, 2.45) is 0 Å². The first kappa shape index (κ1) is 28.2. The van der Waals surface area contributed by atoms with Crippen LogP contribution in [-0.4, -0.2) is 43.3 Å². The van der Waals surface area contributed by atoms with Crippen LogP contribution in [0.5, 0.6) is 5.75 Å². The molecule has 2 aromatic heterocycles. The third-order valence-electron chi connectivity index (χ3n) is 6.96. The smallest absolute Gasteiger partial charge is 0.236 e. The summed E-state index contributed by atoms with van der Waals surface area (Å²) in [7, 11) is 1.64. The summed E-state index contributed by atoms with van der Waals surface area (Å²) >= 11 is 1.36. The minimum absolute atomic E-state index is 0.107. The van der Waals surface area contributed by atoms with E-state index < -0.39 is 0 Å². The number of methoxy groups -OCH3 is 1. The van der Waals surface area contributed by atoms with Gasteiger partial charge in [0.2, 0.25) is 5.91 Å². The largest absolute Gasteiger partial charge is 0.497 e. The van der Waals surface area contributed by atoms with Crippen LogP contribution >= 0.6 is 11.8 Å². The molecule has 3 aromatic carbocycles. The molecule has 0 saturated heterocycles. The zero-order valence-electron chi connectivity index (χ0n) is 24.2. The summed E-state index contributed by atoms with van der Waals surface area (Å²) in [5, 5.41) is 17.5. The van der Waals surface area contributed by atoms with Crippen LogP contribution in [0.2, 0.25) is 0 Å². The lowest BCUT2D eigenvalue weighted by Gasteiger charge is -2.14. The molecule has 0 unspecified atom stereocenters. The average molecular weight is 567 g/mol. The number of hydrogen-bond acceptors (Lipinski definition) is 6. The number of benzene rings is 3. The number of para-hydroxylation sites is 1. The van der Waals surface area contributed by atoms with Crippen LogP contribution in [0, 0.1) is 20.8 Å². The molecule has 0 aliphatic carbocycles. The topological polar surface area (TPSA) is 86.9 Å². The Balaban J connectivity index is 1.39. The number of carbonyl (C=O) groups excluding carboxylic acids is 1. The molecule has 0 atom stereocenters. The molecule has 1 amide bonds. The predicted octanol–water partition coefficient (Wildman–Crippen LogP) is 7.04. The van der Waals surface area contributed by atoms with Crippen LogP contribution in [0.1, 0.15) is 36.6 Å². The van der Waals surface area contributed by atoms with Crippen molar-refractivity contribution in [3.8, 4) is 34.1 Å². The summed E-state index contributed by atoms with van der Waals surface area (Å²) in [6, 6.07) is 23.9. The molecule has 2 heterocycles. The lowest BCUT2D eigenvalue weighted by Crippen LogP contribution is -2.17. The molecule has 8 nitrogen and oxygen atoms in total. The van der Waals surface area contributed by atoms with E-state index in [4.69, 9.17) is 9.84 Å². The standard InChI is InChI=1S/C32H34N6O2S/c1-20(2)37-31(24-12-14-26(40-6)15-13-24)34-35-32(37)41-19-30(39)33-29-18-28(27-17-22(4)21(3)16-23(27)5)36-38(29)25-10-8-7-9-11-25/h7-18,20H,19H2,1-6H3,(H,33,39). The second kappa shape index (κ2) is 12.0. The first-order chi connectivity index (χ1) is 19.7. The second-order valence-corrected chi connectivity index (χ2v) is 11.2. The number of thioether (sulfide) groups is 1. The Morgan fingerprint density at radius 3 is 2.32 bits per heavy atom. The molecule has 210 valence electrons. The maximum atomic E-state index is 13.3. The van der Waals surface area contributed by atoms with Crippen LogP contribution in [-0.2, 0) is 4.79 Å². The van der Waals surface area contributed by atoms with Gasteiger partial charge in [-0.05, 0) is 93.8 Å². The maximum Gasteiger partial charge on any atom is 0.236 e. The van der Waals surface area contributed by atoms with Gasteiger partial charge < -0.3 is 10.1 Å². The molecule has 0 bridgehead atoms. The first-order valence-corrected chi connectivity index (χ1v) is 14.5. The van der Waals surface area contributed by atoms with E-state index >= 15 is 0 Å². The fourth-order valence-corrected chi connectivity index (χ4v) is 5.56. The number of nitrogens with one attached hydrogen (secondary N) is 1. The quantitative estimate of drug-likeness (QED) is 0.193. The van der Waals surface area contributed by atoms with Gasteiger partial charge in [0.1, 0.15) is 11.6 Å². The molecule has 0 saturated carbocycles. The van der Waals surface area contributed by atoms with E-state index in [0.29, 0.717) is 11.0 Å². The number of hydrogen-bond donors (Lipinski definition) is 1. The van der Waals surface area contributed by atoms with Gasteiger partial charge in [-0.15, -0.1) is 10.2 Å². The summed E-state index contributed by atoms with van der Waals surface area (Å²) in [5.41, 5.74) is 7.23. The van der Waals surface area contributed by atoms with Crippen molar-refractivity contribution in [1.29, 1.82) is 0 Å². The number of rotatable bonds is 9. The minimum atomic E-state index is -0.153. The van der Waals surface area contributed by atoms with Gasteiger partial charge in [-0.3, -0.25) is 9.36 Å². The minimum Gasteiger partial charge on any atom is -0.497 e. The molecule has 9 heteroatoms. The number of aryl methyl sites for hydroxylation is 3. The van der Waals surface area contributed by atoms with Crippen molar-refractivity contribution in [3.05, 3.63) is 89.5 Å². The number of ether oxygens (including phenoxy) is 1. The summed E-state index contributed by atoms with van der Waals surface area (Å²) in [4.78, 5) is 13.3. The third-order valence-corrected chi connectivity index (χ3v) is 7.90. The normalized spacial score (nSPS) is 11.2. The van der Waals surface area contributed by atoms with Crippen LogP contribution < -0.4 is 10.1 Å². The number of anilines is 1. The molecule has 0 aliphatic rings. The van der Waals surface area contributed by atoms with Crippen molar-refractivity contribution in [2.75, 3.05) is 18.2 Å². The zero-order valence-corrected chi connectivity index (χ0v) is 25.0. The fraction of sp³-hybridized carbons (Fsp3) is 0.250. The highest BCUT2D eigenvalue weighted by atomic mass is 32.2. The molecule has 0 radical (unpaired) electrons. The lowest BCUT2D eigenvalue weighted by atomic mass is 9.99. The van der Waals surface area contributed by atoms with Gasteiger partial charge in [0.25, 0.3) is 0 Å². The molecule has 5 aromatic rings. The molecular weight excluding hydrogens is 532 g/mol. The van der Waals surface area contributed by atoms with Crippen LogP contribution in [0.4, 0.5) is 5.82 Å². The molecule has 1 N–H and O–H groups in total. The van der Waals surface area contributed by atoms with Gasteiger partial charge in [0.05, 0.1) is 24.2 Å². The number of amides is 1. The molecule has 0 spiro atoms. The van der Waals surface area contributed by atoms with Gasteiger partial charge >= 0.3 is 0 Å². The summed E-state index contributed by atoms with van der Waals surface area (Å²) in [5.74, 6) is 2.16. The summed E-state index contributed by atoms with van der Waals surface area (Å²) in [6.45, 7) is 10.5. The number of nitrogens with zero attached hydrogens (tertiary/aromatic N) is 5. The van der Waals surface area contributed by atoms with Gasteiger partial charge in [0, 0.05) is 23.2 Å². The summed E-state index contributed by atoms with van der Waals surface area (Å²) in [6.07, 6.45) is 0. The van der Waals surface area contributed by atoms with E-state index in [2.05, 4.69) is 66.8 Å². The molecule has 41 heavy (non-hydrogen) atoms. The van der Waals surface area contributed by atoms with Gasteiger partial charge in [-0.1, -0.05) is 36.0 Å². The van der Waals surface area contributed by atoms with Gasteiger partial charge in [-0.2, -0.15) is 5.10 Å². The molecular formula is C32H34N6O2S. The Kier molecular flexibility index (Phi) is 8.26. The van der Waals surface area contributed by atoms with E-state index in [1.165, 1.54) is 22.9 Å². The monoisotopic (exact) mass is 566 g/mol. The first-order valence-electron chi connectivity index (χ1n) is 13.5. The molecule has 0 fully saturated rings. The van der Waals surface area contributed by atoms with E-state index in [1.54, 1.807) is 11.8 Å². The van der Waals surface area contributed by atoms with Crippen molar-refractivity contribution in [1.82, 2.24) is 24.5 Å². The Hall–Kier alpha value is -4.37. The highest BCUT2D eigenvalue weighted by Crippen LogP contribution is 2.31. The van der Waals surface area contributed by atoms with Crippen LogP contribution in [0.3, 0.4) is 0 Å². The Labute approximate surface area is 244 Å². The van der Waals surface area contributed by atoms with Crippen LogP contribution in [0.15, 0.2) is 78.0 Å². The van der Waals surface area contributed by atoms with Crippen LogP contribution in [0.25, 0.3) is 28.3 Å². The number of aromatic nitrogens is 5. The van der Waals surface area contributed by atoms with E-state index in [9.17, 15) is 4.79 Å².